The van der Waals surface area contributed by atoms with Crippen molar-refractivity contribution < 1.29 is 17.9 Å². The summed E-state index contributed by atoms with van der Waals surface area (Å²) in [7, 11) is -2.27. The van der Waals surface area contributed by atoms with Crippen LogP contribution < -0.4 is 14.8 Å². The highest BCUT2D eigenvalue weighted by Gasteiger charge is 2.16. The van der Waals surface area contributed by atoms with E-state index in [4.69, 9.17) is 16.3 Å². The first-order valence-corrected chi connectivity index (χ1v) is 10.5. The van der Waals surface area contributed by atoms with E-state index in [0.717, 1.165) is 0 Å². The topological polar surface area (TPSA) is 84.5 Å². The van der Waals surface area contributed by atoms with Crippen LogP contribution in [0.15, 0.2) is 71.6 Å². The molecule has 1 amide bonds. The number of anilines is 2. The number of halogens is 1. The molecular weight excluding hydrogens is 412 g/mol. The predicted octanol–water partition coefficient (Wildman–Crippen LogP) is 4.71. The highest BCUT2D eigenvalue weighted by molar-refractivity contribution is 7.92. The van der Waals surface area contributed by atoms with Crippen LogP contribution in [-0.2, 0) is 10.0 Å². The smallest absolute Gasteiger partial charge is 0.261 e. The van der Waals surface area contributed by atoms with Gasteiger partial charge >= 0.3 is 0 Å². The third-order valence-corrected chi connectivity index (χ3v) is 6.06. The molecule has 0 atom stereocenters. The van der Waals surface area contributed by atoms with Gasteiger partial charge in [-0.2, -0.15) is 0 Å². The summed E-state index contributed by atoms with van der Waals surface area (Å²) in [5.41, 5.74) is 1.95. The monoisotopic (exact) mass is 430 g/mol. The Bertz CT molecular complexity index is 1150. The summed E-state index contributed by atoms with van der Waals surface area (Å²) in [6, 6.07) is 17.6. The normalized spacial score (nSPS) is 11.0. The molecule has 0 radical (unpaired) electrons. The van der Waals surface area contributed by atoms with Gasteiger partial charge in [0.2, 0.25) is 0 Å². The second kappa shape index (κ2) is 8.55. The van der Waals surface area contributed by atoms with Crippen molar-refractivity contribution in [1.29, 1.82) is 0 Å². The maximum absolute atomic E-state index is 12.6. The lowest BCUT2D eigenvalue weighted by Gasteiger charge is -2.12. The van der Waals surface area contributed by atoms with Crippen molar-refractivity contribution in [2.75, 3.05) is 17.1 Å². The number of carbonyl (C=O) groups is 1. The fraction of sp³-hybridized carbons (Fsp3) is 0.0952. The van der Waals surface area contributed by atoms with Crippen LogP contribution in [0, 0.1) is 6.92 Å². The van der Waals surface area contributed by atoms with Gasteiger partial charge in [0.1, 0.15) is 5.75 Å². The zero-order chi connectivity index (χ0) is 21.0. The molecule has 0 bridgehead atoms. The minimum atomic E-state index is -3.80. The van der Waals surface area contributed by atoms with Crippen LogP contribution in [0.25, 0.3) is 0 Å². The van der Waals surface area contributed by atoms with Crippen molar-refractivity contribution in [3.63, 3.8) is 0 Å². The standard InChI is InChI=1S/C21H19ClN2O4S/c1-14-19(22)7-4-8-20(14)24-29(26,27)18-11-9-16(10-12-18)23-21(25)15-5-3-6-17(13-15)28-2/h3-13,24H,1-2H3,(H,23,25). The Morgan fingerprint density at radius 2 is 1.69 bits per heavy atom. The zero-order valence-electron chi connectivity index (χ0n) is 15.8. The van der Waals surface area contributed by atoms with Gasteiger partial charge in [0.25, 0.3) is 15.9 Å². The lowest BCUT2D eigenvalue weighted by Crippen LogP contribution is -2.15. The Hall–Kier alpha value is -3.03. The van der Waals surface area contributed by atoms with Gasteiger partial charge in [-0.3, -0.25) is 9.52 Å². The van der Waals surface area contributed by atoms with Crippen LogP contribution in [0.5, 0.6) is 5.75 Å². The van der Waals surface area contributed by atoms with Gasteiger partial charge in [0.15, 0.2) is 0 Å². The number of benzene rings is 3. The SMILES string of the molecule is COc1cccc(C(=O)Nc2ccc(S(=O)(=O)Nc3cccc(Cl)c3C)cc2)c1. The Labute approximate surface area is 174 Å². The summed E-state index contributed by atoms with van der Waals surface area (Å²) >= 11 is 6.04. The lowest BCUT2D eigenvalue weighted by molar-refractivity contribution is 0.102. The van der Waals surface area contributed by atoms with Crippen molar-refractivity contribution in [2.45, 2.75) is 11.8 Å². The molecule has 0 saturated heterocycles. The number of carbonyl (C=O) groups excluding carboxylic acids is 1. The fourth-order valence-electron chi connectivity index (χ4n) is 2.61. The van der Waals surface area contributed by atoms with Crippen molar-refractivity contribution >= 4 is 38.9 Å². The maximum atomic E-state index is 12.6. The molecule has 3 aromatic rings. The molecule has 0 aliphatic heterocycles. The summed E-state index contributed by atoms with van der Waals surface area (Å²) in [5, 5.41) is 3.20. The van der Waals surface area contributed by atoms with Gasteiger partial charge < -0.3 is 10.1 Å². The van der Waals surface area contributed by atoms with Crippen molar-refractivity contribution in [2.24, 2.45) is 0 Å². The molecule has 3 rings (SSSR count). The van der Waals surface area contributed by atoms with Crippen LogP contribution in [0.2, 0.25) is 5.02 Å². The quantitative estimate of drug-likeness (QED) is 0.593. The number of methoxy groups -OCH3 is 1. The summed E-state index contributed by atoms with van der Waals surface area (Å²) in [5.74, 6) is 0.244. The van der Waals surface area contributed by atoms with Gasteiger partial charge in [-0.1, -0.05) is 23.7 Å². The molecule has 3 aromatic carbocycles. The first-order valence-electron chi connectivity index (χ1n) is 8.63. The molecule has 0 aliphatic carbocycles. The average Bonchev–Trinajstić information content (AvgIpc) is 2.71. The average molecular weight is 431 g/mol. The van der Waals surface area contributed by atoms with E-state index >= 15 is 0 Å². The number of rotatable bonds is 6. The van der Waals surface area contributed by atoms with Crippen LogP contribution in [-0.4, -0.2) is 21.4 Å². The fourth-order valence-corrected chi connectivity index (χ4v) is 3.90. The van der Waals surface area contributed by atoms with Gasteiger partial charge in [-0.05, 0) is 67.1 Å². The van der Waals surface area contributed by atoms with Gasteiger partial charge in [0.05, 0.1) is 17.7 Å². The number of nitrogens with one attached hydrogen (secondary N) is 2. The lowest BCUT2D eigenvalue weighted by atomic mass is 10.2. The molecule has 0 saturated carbocycles. The highest BCUT2D eigenvalue weighted by atomic mass is 35.5. The van der Waals surface area contributed by atoms with Crippen molar-refractivity contribution in [1.82, 2.24) is 0 Å². The van der Waals surface area contributed by atoms with Crippen LogP contribution >= 0.6 is 11.6 Å². The number of sulfonamides is 1. The van der Waals surface area contributed by atoms with E-state index in [9.17, 15) is 13.2 Å². The second-order valence-electron chi connectivity index (χ2n) is 6.23. The van der Waals surface area contributed by atoms with Crippen LogP contribution in [0.1, 0.15) is 15.9 Å². The van der Waals surface area contributed by atoms with E-state index in [1.165, 1.54) is 31.4 Å². The summed E-state index contributed by atoms with van der Waals surface area (Å²) in [6.45, 7) is 1.73. The Kier molecular flexibility index (Phi) is 6.10. The van der Waals surface area contributed by atoms with Gasteiger partial charge in [0, 0.05) is 16.3 Å². The third kappa shape index (κ3) is 4.88. The molecular formula is C21H19ClN2O4S. The molecule has 0 aromatic heterocycles. The molecule has 0 heterocycles. The first-order chi connectivity index (χ1) is 13.8. The largest absolute Gasteiger partial charge is 0.497 e. The first kappa shape index (κ1) is 20.7. The number of hydrogen-bond donors (Lipinski definition) is 2. The van der Waals surface area contributed by atoms with E-state index in [-0.39, 0.29) is 10.8 Å². The summed E-state index contributed by atoms with van der Waals surface area (Å²) in [4.78, 5) is 12.4. The predicted molar refractivity (Wildman–Crippen MR) is 114 cm³/mol. The molecule has 6 nitrogen and oxygen atoms in total. The molecule has 0 unspecified atom stereocenters. The molecule has 2 N–H and O–H groups in total. The number of amides is 1. The molecule has 150 valence electrons. The van der Waals surface area contributed by atoms with E-state index in [0.29, 0.717) is 33.3 Å². The van der Waals surface area contributed by atoms with Crippen LogP contribution in [0.3, 0.4) is 0 Å². The molecule has 0 aliphatic rings. The number of ether oxygens (including phenoxy) is 1. The van der Waals surface area contributed by atoms with E-state index < -0.39 is 10.0 Å². The summed E-state index contributed by atoms with van der Waals surface area (Å²) < 4.78 is 32.9. The second-order valence-corrected chi connectivity index (χ2v) is 8.32. The van der Waals surface area contributed by atoms with Crippen molar-refractivity contribution in [3.05, 3.63) is 82.9 Å². The van der Waals surface area contributed by atoms with E-state index in [1.807, 2.05) is 0 Å². The van der Waals surface area contributed by atoms with Gasteiger partial charge in [-0.15, -0.1) is 0 Å². The Morgan fingerprint density at radius 1 is 1.00 bits per heavy atom. The van der Waals surface area contributed by atoms with Gasteiger partial charge in [-0.25, -0.2) is 8.42 Å². The zero-order valence-corrected chi connectivity index (χ0v) is 17.3. The minimum absolute atomic E-state index is 0.0660. The Morgan fingerprint density at radius 3 is 2.38 bits per heavy atom. The summed E-state index contributed by atoms with van der Waals surface area (Å²) in [6.07, 6.45) is 0. The van der Waals surface area contributed by atoms with E-state index in [1.54, 1.807) is 49.4 Å². The molecule has 0 fully saturated rings. The number of hydrogen-bond acceptors (Lipinski definition) is 4. The third-order valence-electron chi connectivity index (χ3n) is 4.27. The highest BCUT2D eigenvalue weighted by Crippen LogP contribution is 2.26. The molecule has 0 spiro atoms. The molecule has 8 heteroatoms. The minimum Gasteiger partial charge on any atom is -0.497 e. The Balaban J connectivity index is 1.75. The maximum Gasteiger partial charge on any atom is 0.261 e. The molecule has 29 heavy (non-hydrogen) atoms. The van der Waals surface area contributed by atoms with Crippen molar-refractivity contribution in [3.8, 4) is 5.75 Å². The van der Waals surface area contributed by atoms with E-state index in [2.05, 4.69) is 10.0 Å². The van der Waals surface area contributed by atoms with Crippen LogP contribution in [0.4, 0.5) is 11.4 Å².